The first-order valence-electron chi connectivity index (χ1n) is 10.5. The van der Waals surface area contributed by atoms with Crippen molar-refractivity contribution < 1.29 is 24.5 Å². The number of carbonyl (C=O) groups is 2. The molecular formula is C25H29NO5. The van der Waals surface area contributed by atoms with Crippen molar-refractivity contribution in [1.82, 2.24) is 4.90 Å². The molecule has 1 fully saturated rings. The van der Waals surface area contributed by atoms with E-state index < -0.39 is 11.9 Å². The Kier molecular flexibility index (Phi) is 7.13. The van der Waals surface area contributed by atoms with Gasteiger partial charge >= 0.3 is 11.9 Å². The fraction of sp³-hybridized carbons (Fsp3) is 0.360. The van der Waals surface area contributed by atoms with E-state index in [1.807, 2.05) is 0 Å². The normalized spacial score (nSPS) is 20.0. The minimum absolute atomic E-state index is 0.467. The van der Waals surface area contributed by atoms with E-state index in [2.05, 4.69) is 62.2 Å². The SMILES string of the molecule is CC(C)c1ccc2c(c1)[C@H]1CN(C)CCC1=C1CC=CC=C1O2.O=C(O)/C=C\C(=O)O. The van der Waals surface area contributed by atoms with Gasteiger partial charge in [-0.05, 0) is 49.1 Å². The number of rotatable bonds is 3. The van der Waals surface area contributed by atoms with Gasteiger partial charge in [0.1, 0.15) is 11.5 Å². The Morgan fingerprint density at radius 3 is 2.55 bits per heavy atom. The molecule has 3 aliphatic rings. The van der Waals surface area contributed by atoms with Crippen molar-refractivity contribution >= 4 is 11.9 Å². The van der Waals surface area contributed by atoms with Gasteiger partial charge in [0.25, 0.3) is 0 Å². The van der Waals surface area contributed by atoms with Crippen LogP contribution in [-0.4, -0.2) is 47.2 Å². The molecule has 6 heteroatoms. The van der Waals surface area contributed by atoms with Gasteiger partial charge in [0.2, 0.25) is 0 Å². The van der Waals surface area contributed by atoms with Crippen molar-refractivity contribution in [2.45, 2.75) is 38.5 Å². The Balaban J connectivity index is 0.000000293. The number of nitrogens with zero attached hydrogens (tertiary/aromatic N) is 1. The summed E-state index contributed by atoms with van der Waals surface area (Å²) in [6, 6.07) is 6.79. The van der Waals surface area contributed by atoms with Gasteiger partial charge in [0, 0.05) is 36.7 Å². The van der Waals surface area contributed by atoms with Gasteiger partial charge < -0.3 is 19.8 Å². The lowest BCUT2D eigenvalue weighted by Gasteiger charge is -2.33. The molecule has 31 heavy (non-hydrogen) atoms. The molecule has 1 aromatic rings. The molecule has 0 amide bonds. The average Bonchev–Trinajstić information content (AvgIpc) is 2.86. The molecule has 2 aliphatic heterocycles. The van der Waals surface area contributed by atoms with Crippen LogP contribution in [0, 0.1) is 0 Å². The van der Waals surface area contributed by atoms with Crippen LogP contribution >= 0.6 is 0 Å². The molecule has 164 valence electrons. The molecule has 0 spiro atoms. The summed E-state index contributed by atoms with van der Waals surface area (Å²) >= 11 is 0. The van der Waals surface area contributed by atoms with E-state index in [1.165, 1.54) is 16.7 Å². The number of aliphatic carboxylic acids is 2. The molecule has 1 aromatic carbocycles. The molecule has 6 nitrogen and oxygen atoms in total. The fourth-order valence-electron chi connectivity index (χ4n) is 4.13. The Morgan fingerprint density at radius 2 is 1.90 bits per heavy atom. The second kappa shape index (κ2) is 9.79. The first-order chi connectivity index (χ1) is 14.8. The Bertz CT molecular complexity index is 968. The second-order valence-electron chi connectivity index (χ2n) is 8.30. The number of allylic oxidation sites excluding steroid dienone is 4. The average molecular weight is 424 g/mol. The number of hydrogen-bond donors (Lipinski definition) is 2. The van der Waals surface area contributed by atoms with Gasteiger partial charge in [-0.1, -0.05) is 43.7 Å². The zero-order valence-electron chi connectivity index (χ0n) is 18.2. The fourth-order valence-corrected chi connectivity index (χ4v) is 4.13. The van der Waals surface area contributed by atoms with Crippen LogP contribution in [0.4, 0.5) is 0 Å². The molecule has 1 saturated heterocycles. The van der Waals surface area contributed by atoms with Crippen molar-refractivity contribution in [3.8, 4) is 5.75 Å². The van der Waals surface area contributed by atoms with E-state index in [-0.39, 0.29) is 0 Å². The van der Waals surface area contributed by atoms with Gasteiger partial charge in [0.05, 0.1) is 0 Å². The summed E-state index contributed by atoms with van der Waals surface area (Å²) in [5.41, 5.74) is 5.80. The minimum atomic E-state index is -1.26. The molecule has 2 heterocycles. The van der Waals surface area contributed by atoms with Gasteiger partial charge in [-0.15, -0.1) is 0 Å². The zero-order chi connectivity index (χ0) is 22.5. The van der Waals surface area contributed by atoms with Crippen LogP contribution in [0.2, 0.25) is 0 Å². The first-order valence-corrected chi connectivity index (χ1v) is 10.5. The minimum Gasteiger partial charge on any atom is -0.478 e. The van der Waals surface area contributed by atoms with E-state index in [9.17, 15) is 9.59 Å². The van der Waals surface area contributed by atoms with E-state index in [0.717, 1.165) is 37.4 Å². The first kappa shape index (κ1) is 22.6. The van der Waals surface area contributed by atoms with Crippen molar-refractivity contribution in [2.75, 3.05) is 20.1 Å². The predicted octanol–water partition coefficient (Wildman–Crippen LogP) is 4.47. The highest BCUT2D eigenvalue weighted by Crippen LogP contribution is 2.45. The van der Waals surface area contributed by atoms with E-state index in [4.69, 9.17) is 14.9 Å². The van der Waals surface area contributed by atoms with E-state index >= 15 is 0 Å². The predicted molar refractivity (Wildman–Crippen MR) is 119 cm³/mol. The summed E-state index contributed by atoms with van der Waals surface area (Å²) in [5, 5.41) is 15.6. The second-order valence-corrected chi connectivity index (χ2v) is 8.30. The van der Waals surface area contributed by atoms with Crippen LogP contribution in [0.5, 0.6) is 5.75 Å². The summed E-state index contributed by atoms with van der Waals surface area (Å²) in [6.45, 7) is 6.76. The van der Waals surface area contributed by atoms with E-state index in [1.54, 1.807) is 5.57 Å². The van der Waals surface area contributed by atoms with Gasteiger partial charge in [-0.3, -0.25) is 0 Å². The Labute approximate surface area is 182 Å². The molecule has 1 atom stereocenters. The molecule has 1 aliphatic carbocycles. The zero-order valence-corrected chi connectivity index (χ0v) is 18.2. The maximum absolute atomic E-state index is 9.55. The van der Waals surface area contributed by atoms with Crippen molar-refractivity contribution in [1.29, 1.82) is 0 Å². The molecule has 0 unspecified atom stereocenters. The van der Waals surface area contributed by atoms with E-state index in [0.29, 0.717) is 24.0 Å². The third kappa shape index (κ3) is 5.52. The maximum Gasteiger partial charge on any atom is 0.328 e. The highest BCUT2D eigenvalue weighted by molar-refractivity contribution is 5.89. The summed E-state index contributed by atoms with van der Waals surface area (Å²) in [6.07, 6.45) is 9.77. The Hall–Kier alpha value is -3.12. The van der Waals surface area contributed by atoms with Crippen LogP contribution in [0.25, 0.3) is 0 Å². The summed E-state index contributed by atoms with van der Waals surface area (Å²) in [4.78, 5) is 21.6. The lowest BCUT2D eigenvalue weighted by Crippen LogP contribution is -2.33. The number of hydrogen-bond acceptors (Lipinski definition) is 4. The standard InChI is InChI=1S/C21H25NO.C4H4O4/c1-14(2)15-8-9-21-18(12-15)19-13-22(3)11-10-16(19)17-6-4-5-7-20(17)23-21;5-3(6)1-2-4(7)8/h4-5,7-9,12,14,19H,6,10-11,13H2,1-3H3;1-2H,(H,5,6)(H,7,8)/b;2-1-/t19-;/m0./s1. The van der Waals surface area contributed by atoms with Crippen molar-refractivity contribution in [3.05, 3.63) is 76.6 Å². The third-order valence-electron chi connectivity index (χ3n) is 5.73. The van der Waals surface area contributed by atoms with Crippen LogP contribution in [0.15, 0.2) is 65.5 Å². The number of carboxylic acids is 2. The Morgan fingerprint density at radius 1 is 1.19 bits per heavy atom. The quantitative estimate of drug-likeness (QED) is 0.698. The van der Waals surface area contributed by atoms with Crippen molar-refractivity contribution in [3.63, 3.8) is 0 Å². The number of likely N-dealkylation sites (N-methyl/N-ethyl adjacent to an activating group) is 1. The summed E-state index contributed by atoms with van der Waals surface area (Å²) in [7, 11) is 2.23. The third-order valence-corrected chi connectivity index (χ3v) is 5.73. The molecule has 0 saturated carbocycles. The molecule has 0 aromatic heterocycles. The molecule has 2 N–H and O–H groups in total. The highest BCUT2D eigenvalue weighted by atomic mass is 16.5. The van der Waals surface area contributed by atoms with Crippen LogP contribution in [0.1, 0.15) is 49.7 Å². The van der Waals surface area contributed by atoms with Crippen LogP contribution in [-0.2, 0) is 9.59 Å². The highest BCUT2D eigenvalue weighted by Gasteiger charge is 2.33. The lowest BCUT2D eigenvalue weighted by atomic mass is 9.80. The topological polar surface area (TPSA) is 87.1 Å². The number of benzene rings is 1. The van der Waals surface area contributed by atoms with Crippen LogP contribution < -0.4 is 4.74 Å². The molecule has 4 rings (SSSR count). The smallest absolute Gasteiger partial charge is 0.328 e. The lowest BCUT2D eigenvalue weighted by molar-refractivity contribution is -0.134. The van der Waals surface area contributed by atoms with Gasteiger partial charge in [0.15, 0.2) is 0 Å². The largest absolute Gasteiger partial charge is 0.478 e. The maximum atomic E-state index is 9.55. The van der Waals surface area contributed by atoms with Gasteiger partial charge in [-0.2, -0.15) is 0 Å². The number of piperidine rings is 1. The number of ether oxygens (including phenoxy) is 1. The van der Waals surface area contributed by atoms with Crippen molar-refractivity contribution in [2.24, 2.45) is 0 Å². The molecular weight excluding hydrogens is 394 g/mol. The molecule has 0 radical (unpaired) electrons. The summed E-state index contributed by atoms with van der Waals surface area (Å²) < 4.78 is 6.36. The van der Waals surface area contributed by atoms with Gasteiger partial charge in [-0.25, -0.2) is 9.59 Å². The number of likely N-dealkylation sites (tertiary alicyclic amines) is 1. The molecule has 0 bridgehead atoms. The number of fused-ring (bicyclic) bond motifs is 4. The van der Waals surface area contributed by atoms with Crippen LogP contribution in [0.3, 0.4) is 0 Å². The number of carboxylic acid groups (broad SMARTS) is 2. The monoisotopic (exact) mass is 423 g/mol. The summed E-state index contributed by atoms with van der Waals surface area (Å²) in [5.74, 6) is 0.607.